The number of nitrogens with one attached hydrogen (secondary N) is 2. The van der Waals surface area contributed by atoms with Crippen LogP contribution in [0.25, 0.3) is 0 Å². The van der Waals surface area contributed by atoms with Gasteiger partial charge in [-0.2, -0.15) is 13.2 Å². The highest BCUT2D eigenvalue weighted by atomic mass is 19.4. The Balaban J connectivity index is 2.05. The molecule has 0 saturated carbocycles. The van der Waals surface area contributed by atoms with Crippen molar-refractivity contribution in [3.63, 3.8) is 0 Å². The molecule has 0 aromatic heterocycles. The van der Waals surface area contributed by atoms with Crippen LogP contribution in [0.15, 0.2) is 30.3 Å². The van der Waals surface area contributed by atoms with Crippen molar-refractivity contribution < 1.29 is 94.1 Å². The van der Waals surface area contributed by atoms with Gasteiger partial charge in [-0.05, 0) is 12.0 Å². The molecular formula is C36H47F3N2O17. The molecule has 2 N–H and O–H groups in total. The Morgan fingerprint density at radius 3 is 1.79 bits per heavy atom. The summed E-state index contributed by atoms with van der Waals surface area (Å²) in [4.78, 5) is 85.7. The molecule has 1 aromatic rings. The minimum Gasteiger partial charge on any atom is -0.463 e. The second-order valence-corrected chi connectivity index (χ2v) is 13.0. The summed E-state index contributed by atoms with van der Waals surface area (Å²) in [6, 6.07) is 7.48. The van der Waals surface area contributed by atoms with Gasteiger partial charge in [0.2, 0.25) is 5.91 Å². The lowest BCUT2D eigenvalue weighted by Gasteiger charge is -2.49. The van der Waals surface area contributed by atoms with Crippen LogP contribution in [-0.4, -0.2) is 136 Å². The summed E-state index contributed by atoms with van der Waals surface area (Å²) in [6.07, 6.45) is -19.4. The third-order valence-corrected chi connectivity index (χ3v) is 8.10. The number of carbonyl (C=O) groups excluding carboxylic acids is 7. The number of hydrogen-bond donors (Lipinski definition) is 2. The minimum absolute atomic E-state index is 0.0502. The summed E-state index contributed by atoms with van der Waals surface area (Å²) >= 11 is 0. The fourth-order valence-electron chi connectivity index (χ4n) is 5.96. The van der Waals surface area contributed by atoms with E-state index < -0.39 is 122 Å². The average molecular weight is 837 g/mol. The number of alkyl halides is 3. The highest BCUT2D eigenvalue weighted by Crippen LogP contribution is 2.35. The molecule has 58 heavy (non-hydrogen) atoms. The van der Waals surface area contributed by atoms with Crippen LogP contribution in [0, 0.1) is 0 Å². The number of ether oxygens (including phenoxy) is 10. The maximum atomic E-state index is 12.6. The minimum atomic E-state index is -5.12. The molecule has 0 radical (unpaired) electrons. The molecule has 0 unspecified atom stereocenters. The monoisotopic (exact) mass is 836 g/mol. The van der Waals surface area contributed by atoms with E-state index in [4.69, 9.17) is 47.4 Å². The largest absolute Gasteiger partial charge is 0.471 e. The van der Waals surface area contributed by atoms with Crippen LogP contribution in [0.2, 0.25) is 0 Å². The molecule has 0 aliphatic carbocycles. The Hall–Kier alpha value is -4.90. The zero-order valence-corrected chi connectivity index (χ0v) is 32.5. The van der Waals surface area contributed by atoms with Gasteiger partial charge in [0.25, 0.3) is 0 Å². The van der Waals surface area contributed by atoms with Gasteiger partial charge in [0, 0.05) is 48.1 Å². The fraction of sp³-hybridized carbons (Fsp3) is 0.639. The number of benzene rings is 1. The van der Waals surface area contributed by atoms with E-state index in [1.54, 1.807) is 35.6 Å². The van der Waals surface area contributed by atoms with Crippen LogP contribution in [0.4, 0.5) is 13.2 Å². The lowest BCUT2D eigenvalue weighted by Crippen LogP contribution is -2.69. The maximum absolute atomic E-state index is 12.6. The highest BCUT2D eigenvalue weighted by molar-refractivity contribution is 5.81. The summed E-state index contributed by atoms with van der Waals surface area (Å²) < 4.78 is 95.8. The van der Waals surface area contributed by atoms with Crippen molar-refractivity contribution in [3.8, 4) is 0 Å². The van der Waals surface area contributed by atoms with Crippen LogP contribution >= 0.6 is 0 Å². The van der Waals surface area contributed by atoms with E-state index in [1.165, 1.54) is 0 Å². The number of esters is 5. The lowest BCUT2D eigenvalue weighted by molar-refractivity contribution is -0.351. The number of hydrogen-bond acceptors (Lipinski definition) is 17. The van der Waals surface area contributed by atoms with Crippen molar-refractivity contribution in [1.29, 1.82) is 0 Å². The standard InChI is InChI=1S/C36H47F3N2O17/c1-18(42)41-27-30(53-21(4)45)28(26(17-51-19(2)43)56-33(27)50-14-10-13-40-35(48)36(37,38)39)58-34-32(55-23(6)47)31(54-22(5)46)29(52-20(3)44)25(57-34)16-49-15-24-11-8-7-9-12-24/h7-9,11-12,25-34H,10,13-17H2,1-6H3,(H,40,48)(H,41,42)/t25-,26-,27-,28-,29+,30-,31+,32-,33-,34+/m1/s1. The molecule has 2 saturated heterocycles. The van der Waals surface area contributed by atoms with Crippen LogP contribution < -0.4 is 10.6 Å². The molecule has 22 heteroatoms. The molecule has 2 heterocycles. The molecule has 19 nitrogen and oxygen atoms in total. The summed E-state index contributed by atoms with van der Waals surface area (Å²) in [5.41, 5.74) is 0.758. The van der Waals surface area contributed by atoms with Crippen molar-refractivity contribution in [2.24, 2.45) is 0 Å². The van der Waals surface area contributed by atoms with Crippen molar-refractivity contribution in [2.75, 3.05) is 26.4 Å². The molecule has 1 aromatic carbocycles. The van der Waals surface area contributed by atoms with E-state index in [0.29, 0.717) is 0 Å². The predicted molar refractivity (Wildman–Crippen MR) is 184 cm³/mol. The first kappa shape index (κ1) is 47.5. The average Bonchev–Trinajstić information content (AvgIpc) is 3.11. The van der Waals surface area contributed by atoms with Gasteiger partial charge in [0.05, 0.1) is 19.8 Å². The third kappa shape index (κ3) is 15.1. The molecule has 0 bridgehead atoms. The molecule has 2 fully saturated rings. The van der Waals surface area contributed by atoms with Crippen molar-refractivity contribution in [3.05, 3.63) is 35.9 Å². The second kappa shape index (κ2) is 22.3. The fourth-order valence-corrected chi connectivity index (χ4v) is 5.96. The van der Waals surface area contributed by atoms with Gasteiger partial charge in [-0.1, -0.05) is 30.3 Å². The van der Waals surface area contributed by atoms with Gasteiger partial charge >= 0.3 is 41.9 Å². The Morgan fingerprint density at radius 2 is 1.22 bits per heavy atom. The van der Waals surface area contributed by atoms with Gasteiger partial charge in [-0.25, -0.2) is 0 Å². The Labute approximate surface area is 330 Å². The normalized spacial score (nSPS) is 27.0. The number of rotatable bonds is 18. The molecule has 10 atom stereocenters. The molecule has 3 rings (SSSR count). The Bertz CT molecular complexity index is 1580. The Kier molecular flexibility index (Phi) is 18.3. The topological polar surface area (TPSA) is 236 Å². The van der Waals surface area contributed by atoms with Crippen LogP contribution in [-0.2, 0) is 87.5 Å². The van der Waals surface area contributed by atoms with E-state index in [9.17, 15) is 46.7 Å². The van der Waals surface area contributed by atoms with Gasteiger partial charge in [0.15, 0.2) is 37.0 Å². The molecule has 2 aliphatic heterocycles. The van der Waals surface area contributed by atoms with Crippen molar-refractivity contribution in [2.45, 2.75) is 122 Å². The van der Waals surface area contributed by atoms with E-state index in [2.05, 4.69) is 5.32 Å². The first-order valence-corrected chi connectivity index (χ1v) is 17.9. The molecule has 2 amide bonds. The number of amides is 2. The van der Waals surface area contributed by atoms with Crippen LogP contribution in [0.3, 0.4) is 0 Å². The van der Waals surface area contributed by atoms with Crippen LogP contribution in [0.5, 0.6) is 0 Å². The van der Waals surface area contributed by atoms with Gasteiger partial charge in [-0.3, -0.25) is 33.6 Å². The molecule has 324 valence electrons. The zero-order chi connectivity index (χ0) is 43.2. The second-order valence-electron chi connectivity index (χ2n) is 13.0. The third-order valence-electron chi connectivity index (χ3n) is 8.10. The highest BCUT2D eigenvalue weighted by Gasteiger charge is 2.57. The van der Waals surface area contributed by atoms with Gasteiger partial charge in [0.1, 0.15) is 31.0 Å². The predicted octanol–water partition coefficient (Wildman–Crippen LogP) is 0.918. The zero-order valence-electron chi connectivity index (χ0n) is 32.5. The first-order chi connectivity index (χ1) is 27.3. The maximum Gasteiger partial charge on any atom is 0.471 e. The van der Waals surface area contributed by atoms with Crippen LogP contribution in [0.1, 0.15) is 53.5 Å². The summed E-state index contributed by atoms with van der Waals surface area (Å²) in [5.74, 6) is -7.24. The quantitative estimate of drug-likeness (QED) is 0.119. The lowest BCUT2D eigenvalue weighted by atomic mass is 9.94. The molecule has 2 aliphatic rings. The molecule has 0 spiro atoms. The SMILES string of the molecule is CC(=O)N[C@H]1[C@H](OCCCNC(=O)C(F)(F)F)O[C@H](COC(C)=O)[C@@H](O[C@@H]2O[C@H](COCc3ccccc3)[C@H](OC(C)=O)[C@H](OC(C)=O)[C@H]2OC(C)=O)[C@@H]1OC(C)=O. The smallest absolute Gasteiger partial charge is 0.463 e. The molecular weight excluding hydrogens is 789 g/mol. The van der Waals surface area contributed by atoms with Crippen molar-refractivity contribution >= 4 is 41.7 Å². The summed E-state index contributed by atoms with van der Waals surface area (Å²) in [6.45, 7) is 4.62. The number of carbonyl (C=O) groups is 7. The number of halogens is 3. The van der Waals surface area contributed by atoms with Crippen molar-refractivity contribution in [1.82, 2.24) is 10.6 Å². The Morgan fingerprint density at radius 1 is 0.672 bits per heavy atom. The van der Waals surface area contributed by atoms with Gasteiger partial charge in [-0.15, -0.1) is 0 Å². The van der Waals surface area contributed by atoms with Gasteiger partial charge < -0.3 is 58.0 Å². The summed E-state index contributed by atoms with van der Waals surface area (Å²) in [5, 5.41) is 4.22. The summed E-state index contributed by atoms with van der Waals surface area (Å²) in [7, 11) is 0. The first-order valence-electron chi connectivity index (χ1n) is 17.9. The van der Waals surface area contributed by atoms with E-state index in [0.717, 1.165) is 47.1 Å². The van der Waals surface area contributed by atoms with E-state index >= 15 is 0 Å². The van der Waals surface area contributed by atoms with E-state index in [-0.39, 0.29) is 26.2 Å². The van der Waals surface area contributed by atoms with E-state index in [1.807, 2.05) is 0 Å².